The number of aryl methyl sites for hydroxylation is 1. The van der Waals surface area contributed by atoms with Gasteiger partial charge in [-0.1, -0.05) is 20.8 Å². The van der Waals surface area contributed by atoms with Crippen molar-refractivity contribution in [1.29, 1.82) is 0 Å². The smallest absolute Gasteiger partial charge is 0.307 e. The van der Waals surface area contributed by atoms with Crippen molar-refractivity contribution in [1.82, 2.24) is 9.78 Å². The molecule has 0 atom stereocenters. The molecule has 1 rings (SSSR count). The van der Waals surface area contributed by atoms with Gasteiger partial charge in [-0.05, 0) is 12.3 Å². The molecule has 0 saturated carbocycles. The molecule has 0 unspecified atom stereocenters. The highest BCUT2D eigenvalue weighted by Gasteiger charge is 2.14. The molecule has 1 aromatic rings. The summed E-state index contributed by atoms with van der Waals surface area (Å²) in [6, 6.07) is 0. The summed E-state index contributed by atoms with van der Waals surface area (Å²) >= 11 is 0. The third-order valence-electron chi connectivity index (χ3n) is 2.21. The standard InChI is InChI=1S/C11H18N2O2/c1-4-5-13-7-9(6-10(14)15)11(12-13)8(2)3/h7-8H,4-6H2,1-3H3,(H,14,15). The SMILES string of the molecule is CCCn1cc(CC(=O)O)c(C(C)C)n1. The number of carboxylic acids is 1. The predicted octanol–water partition coefficient (Wildman–Crippen LogP) is 2.04. The summed E-state index contributed by atoms with van der Waals surface area (Å²) in [5.74, 6) is -0.523. The number of aliphatic carboxylic acids is 1. The Balaban J connectivity index is 2.94. The predicted molar refractivity (Wildman–Crippen MR) is 57.9 cm³/mol. The van der Waals surface area contributed by atoms with Gasteiger partial charge in [0.15, 0.2) is 0 Å². The monoisotopic (exact) mass is 210 g/mol. The summed E-state index contributed by atoms with van der Waals surface area (Å²) in [7, 11) is 0. The van der Waals surface area contributed by atoms with Crippen LogP contribution in [-0.2, 0) is 17.8 Å². The third-order valence-corrected chi connectivity index (χ3v) is 2.21. The van der Waals surface area contributed by atoms with Crippen LogP contribution in [0.1, 0.15) is 44.4 Å². The van der Waals surface area contributed by atoms with Crippen molar-refractivity contribution < 1.29 is 9.90 Å². The molecule has 0 saturated heterocycles. The fourth-order valence-corrected chi connectivity index (χ4v) is 1.61. The molecule has 4 heteroatoms. The van der Waals surface area contributed by atoms with Crippen LogP contribution in [0.5, 0.6) is 0 Å². The number of rotatable bonds is 5. The van der Waals surface area contributed by atoms with E-state index in [4.69, 9.17) is 5.11 Å². The number of hydrogen-bond donors (Lipinski definition) is 1. The highest BCUT2D eigenvalue weighted by molar-refractivity contribution is 5.70. The Labute approximate surface area is 89.9 Å². The summed E-state index contributed by atoms with van der Waals surface area (Å²) in [4.78, 5) is 10.7. The molecule has 0 spiro atoms. The van der Waals surface area contributed by atoms with Crippen LogP contribution in [0.15, 0.2) is 6.20 Å². The Morgan fingerprint density at radius 1 is 1.60 bits per heavy atom. The molecule has 0 aliphatic heterocycles. The second-order valence-corrected chi connectivity index (χ2v) is 4.03. The zero-order chi connectivity index (χ0) is 11.4. The van der Waals surface area contributed by atoms with E-state index < -0.39 is 5.97 Å². The summed E-state index contributed by atoms with van der Waals surface area (Å²) in [6.07, 6.45) is 2.93. The second-order valence-electron chi connectivity index (χ2n) is 4.03. The lowest BCUT2D eigenvalue weighted by Gasteiger charge is -2.02. The van der Waals surface area contributed by atoms with Crippen LogP contribution in [0, 0.1) is 0 Å². The summed E-state index contributed by atoms with van der Waals surface area (Å²) < 4.78 is 1.84. The first-order chi connectivity index (χ1) is 7.04. The lowest BCUT2D eigenvalue weighted by atomic mass is 10.0. The Bertz CT molecular complexity index is 342. The lowest BCUT2D eigenvalue weighted by molar-refractivity contribution is -0.136. The maximum Gasteiger partial charge on any atom is 0.307 e. The summed E-state index contributed by atoms with van der Waals surface area (Å²) in [6.45, 7) is 6.99. The van der Waals surface area contributed by atoms with Gasteiger partial charge in [0.2, 0.25) is 0 Å². The van der Waals surface area contributed by atoms with Crippen LogP contribution >= 0.6 is 0 Å². The minimum absolute atomic E-state index is 0.0667. The third kappa shape index (κ3) is 3.08. The molecular formula is C11H18N2O2. The largest absolute Gasteiger partial charge is 0.481 e. The normalized spacial score (nSPS) is 10.9. The number of nitrogens with zero attached hydrogens (tertiary/aromatic N) is 2. The van der Waals surface area contributed by atoms with Crippen molar-refractivity contribution in [3.63, 3.8) is 0 Å². The molecule has 0 amide bonds. The number of aromatic nitrogens is 2. The van der Waals surface area contributed by atoms with Gasteiger partial charge < -0.3 is 5.11 Å². The molecule has 1 aromatic heterocycles. The molecule has 0 radical (unpaired) electrons. The van der Waals surface area contributed by atoms with Crippen molar-refractivity contribution in [2.45, 2.75) is 46.1 Å². The minimum Gasteiger partial charge on any atom is -0.481 e. The zero-order valence-electron chi connectivity index (χ0n) is 9.53. The summed E-state index contributed by atoms with van der Waals surface area (Å²) in [5.41, 5.74) is 1.75. The molecule has 0 bridgehead atoms. The first-order valence-electron chi connectivity index (χ1n) is 5.32. The Hall–Kier alpha value is -1.32. The fourth-order valence-electron chi connectivity index (χ4n) is 1.61. The van der Waals surface area contributed by atoms with Gasteiger partial charge in [-0.15, -0.1) is 0 Å². The molecule has 0 aliphatic carbocycles. The molecule has 0 aromatic carbocycles. The minimum atomic E-state index is -0.798. The Morgan fingerprint density at radius 3 is 2.73 bits per heavy atom. The van der Waals surface area contributed by atoms with E-state index in [-0.39, 0.29) is 12.3 Å². The van der Waals surface area contributed by atoms with Crippen molar-refractivity contribution >= 4 is 5.97 Å². The molecule has 1 heterocycles. The fraction of sp³-hybridized carbons (Fsp3) is 0.636. The van der Waals surface area contributed by atoms with Gasteiger partial charge in [0, 0.05) is 18.3 Å². The van der Waals surface area contributed by atoms with Crippen LogP contribution in [0.25, 0.3) is 0 Å². The van der Waals surface area contributed by atoms with E-state index in [1.165, 1.54) is 0 Å². The van der Waals surface area contributed by atoms with Crippen LogP contribution in [0.3, 0.4) is 0 Å². The van der Waals surface area contributed by atoms with Crippen LogP contribution < -0.4 is 0 Å². The highest BCUT2D eigenvalue weighted by Crippen LogP contribution is 2.18. The van der Waals surface area contributed by atoms with Crippen molar-refractivity contribution in [3.8, 4) is 0 Å². The second kappa shape index (κ2) is 4.96. The molecule has 4 nitrogen and oxygen atoms in total. The van der Waals surface area contributed by atoms with Gasteiger partial charge in [0.1, 0.15) is 0 Å². The van der Waals surface area contributed by atoms with E-state index in [9.17, 15) is 4.79 Å². The van der Waals surface area contributed by atoms with Gasteiger partial charge >= 0.3 is 5.97 Å². The molecule has 15 heavy (non-hydrogen) atoms. The van der Waals surface area contributed by atoms with E-state index in [0.29, 0.717) is 0 Å². The maximum absolute atomic E-state index is 10.7. The maximum atomic E-state index is 10.7. The van der Waals surface area contributed by atoms with Crippen molar-refractivity contribution in [3.05, 3.63) is 17.5 Å². The first kappa shape index (κ1) is 11.8. The molecule has 1 N–H and O–H groups in total. The highest BCUT2D eigenvalue weighted by atomic mass is 16.4. The molecule has 84 valence electrons. The topological polar surface area (TPSA) is 55.1 Å². The van der Waals surface area contributed by atoms with Crippen molar-refractivity contribution in [2.24, 2.45) is 0 Å². The van der Waals surface area contributed by atoms with Crippen LogP contribution in [-0.4, -0.2) is 20.9 Å². The quantitative estimate of drug-likeness (QED) is 0.809. The van der Waals surface area contributed by atoms with E-state index in [2.05, 4.69) is 12.0 Å². The van der Waals surface area contributed by atoms with E-state index in [0.717, 1.165) is 24.2 Å². The van der Waals surface area contributed by atoms with Gasteiger partial charge in [-0.25, -0.2) is 0 Å². The number of hydrogen-bond acceptors (Lipinski definition) is 2. The van der Waals surface area contributed by atoms with Gasteiger partial charge in [0.05, 0.1) is 12.1 Å². The Morgan fingerprint density at radius 2 is 2.27 bits per heavy atom. The molecule has 0 fully saturated rings. The van der Waals surface area contributed by atoms with Crippen molar-refractivity contribution in [2.75, 3.05) is 0 Å². The molecular weight excluding hydrogens is 192 g/mol. The van der Waals surface area contributed by atoms with Gasteiger partial charge in [0.25, 0.3) is 0 Å². The average molecular weight is 210 g/mol. The first-order valence-corrected chi connectivity index (χ1v) is 5.32. The van der Waals surface area contributed by atoms with Gasteiger partial charge in [-0.3, -0.25) is 9.48 Å². The lowest BCUT2D eigenvalue weighted by Crippen LogP contribution is -2.02. The van der Waals surface area contributed by atoms with E-state index in [1.807, 2.05) is 24.7 Å². The van der Waals surface area contributed by atoms with E-state index >= 15 is 0 Å². The number of carbonyl (C=O) groups is 1. The van der Waals surface area contributed by atoms with Crippen LogP contribution in [0.4, 0.5) is 0 Å². The van der Waals surface area contributed by atoms with Crippen LogP contribution in [0.2, 0.25) is 0 Å². The number of carboxylic acid groups (broad SMARTS) is 1. The Kier molecular flexibility index (Phi) is 3.88. The molecule has 0 aliphatic rings. The summed E-state index contributed by atoms with van der Waals surface area (Å²) in [5, 5.41) is 13.2. The zero-order valence-corrected chi connectivity index (χ0v) is 9.53. The average Bonchev–Trinajstić information content (AvgIpc) is 2.47. The van der Waals surface area contributed by atoms with Gasteiger partial charge in [-0.2, -0.15) is 5.10 Å². The van der Waals surface area contributed by atoms with E-state index in [1.54, 1.807) is 0 Å².